The predicted molar refractivity (Wildman–Crippen MR) is 69.9 cm³/mol. The first kappa shape index (κ1) is 14.9. The van der Waals surface area contributed by atoms with E-state index in [9.17, 15) is 19.7 Å². The highest BCUT2D eigenvalue weighted by Gasteiger charge is 2.14. The summed E-state index contributed by atoms with van der Waals surface area (Å²) in [5, 5.41) is 23.9. The van der Waals surface area contributed by atoms with Gasteiger partial charge in [-0.1, -0.05) is 15.9 Å². The van der Waals surface area contributed by atoms with Crippen LogP contribution in [0.2, 0.25) is 0 Å². The first-order valence-corrected chi connectivity index (χ1v) is 5.85. The first-order chi connectivity index (χ1) is 8.90. The van der Waals surface area contributed by atoms with Gasteiger partial charge in [0, 0.05) is 10.5 Å². The van der Waals surface area contributed by atoms with Gasteiger partial charge < -0.3 is 15.7 Å². The van der Waals surface area contributed by atoms with Gasteiger partial charge in [-0.2, -0.15) is 0 Å². The van der Waals surface area contributed by atoms with E-state index < -0.39 is 23.3 Å². The lowest BCUT2D eigenvalue weighted by Gasteiger charge is -2.07. The van der Waals surface area contributed by atoms with Crippen LogP contribution in [0.1, 0.15) is 0 Å². The Morgan fingerprint density at radius 3 is 2.63 bits per heavy atom. The minimum Gasteiger partial charge on any atom is -0.480 e. The molecule has 9 heteroatoms. The van der Waals surface area contributed by atoms with Gasteiger partial charge in [-0.25, -0.2) is 0 Å². The molecule has 3 N–H and O–H groups in total. The summed E-state index contributed by atoms with van der Waals surface area (Å²) in [4.78, 5) is 31.7. The quantitative estimate of drug-likeness (QED) is 0.527. The highest BCUT2D eigenvalue weighted by Crippen LogP contribution is 2.27. The lowest BCUT2D eigenvalue weighted by atomic mass is 10.2. The number of rotatable bonds is 6. The molecule has 0 fully saturated rings. The van der Waals surface area contributed by atoms with E-state index in [2.05, 4.69) is 26.6 Å². The number of carboxylic acids is 1. The Kier molecular flexibility index (Phi) is 5.24. The van der Waals surface area contributed by atoms with Gasteiger partial charge in [-0.05, 0) is 12.1 Å². The van der Waals surface area contributed by atoms with Crippen molar-refractivity contribution in [1.82, 2.24) is 5.32 Å². The number of nitrogens with one attached hydrogen (secondary N) is 2. The molecule has 1 aromatic rings. The van der Waals surface area contributed by atoms with E-state index in [1.54, 1.807) is 6.07 Å². The lowest BCUT2D eigenvalue weighted by molar-refractivity contribution is -0.384. The maximum absolute atomic E-state index is 11.3. The predicted octanol–water partition coefficient (Wildman–Crippen LogP) is 0.970. The summed E-state index contributed by atoms with van der Waals surface area (Å²) < 4.78 is 0.542. The number of carboxylic acid groups (broad SMARTS) is 1. The van der Waals surface area contributed by atoms with Gasteiger partial charge in [0.2, 0.25) is 5.91 Å². The SMILES string of the molecule is O=C(O)CNC(=O)CNc1ccc(Br)cc1[N+](=O)[O-]. The average molecular weight is 332 g/mol. The highest BCUT2D eigenvalue weighted by molar-refractivity contribution is 9.10. The standard InChI is InChI=1S/C10H10BrN3O5/c11-6-1-2-7(8(3-6)14(18)19)12-4-9(15)13-5-10(16)17/h1-3,12H,4-5H2,(H,13,15)(H,16,17). The second kappa shape index (κ2) is 6.69. The summed E-state index contributed by atoms with van der Waals surface area (Å²) in [5.41, 5.74) is -0.000848. The van der Waals surface area contributed by atoms with Crippen LogP contribution < -0.4 is 10.6 Å². The minimum atomic E-state index is -1.16. The topological polar surface area (TPSA) is 122 Å². The zero-order chi connectivity index (χ0) is 14.4. The van der Waals surface area contributed by atoms with E-state index in [0.717, 1.165) is 0 Å². The lowest BCUT2D eigenvalue weighted by Crippen LogP contribution is -2.33. The largest absolute Gasteiger partial charge is 0.480 e. The van der Waals surface area contributed by atoms with E-state index in [4.69, 9.17) is 5.11 Å². The van der Waals surface area contributed by atoms with Gasteiger partial charge in [0.25, 0.3) is 5.69 Å². The number of nitro groups is 1. The minimum absolute atomic E-state index is 0.179. The fraction of sp³-hybridized carbons (Fsp3) is 0.200. The number of carbonyl (C=O) groups excluding carboxylic acids is 1. The van der Waals surface area contributed by atoms with E-state index >= 15 is 0 Å². The fourth-order valence-electron chi connectivity index (χ4n) is 1.22. The smallest absolute Gasteiger partial charge is 0.322 e. The van der Waals surface area contributed by atoms with E-state index in [-0.39, 0.29) is 17.9 Å². The van der Waals surface area contributed by atoms with Gasteiger partial charge in [0.1, 0.15) is 12.2 Å². The van der Waals surface area contributed by atoms with Crippen LogP contribution in [0.25, 0.3) is 0 Å². The number of carbonyl (C=O) groups is 2. The zero-order valence-electron chi connectivity index (χ0n) is 9.55. The van der Waals surface area contributed by atoms with Crippen molar-refractivity contribution >= 4 is 39.2 Å². The van der Waals surface area contributed by atoms with Crippen molar-refractivity contribution in [3.8, 4) is 0 Å². The molecule has 0 radical (unpaired) electrons. The number of amides is 1. The molecule has 0 saturated heterocycles. The normalized spacial score (nSPS) is 9.74. The van der Waals surface area contributed by atoms with Crippen molar-refractivity contribution in [1.29, 1.82) is 0 Å². The summed E-state index contributed by atoms with van der Waals surface area (Å²) in [6, 6.07) is 4.34. The third-order valence-electron chi connectivity index (χ3n) is 2.03. The Bertz CT molecular complexity index is 520. The Morgan fingerprint density at radius 1 is 1.37 bits per heavy atom. The number of halogens is 1. The molecule has 1 aromatic carbocycles. The molecule has 0 atom stereocenters. The highest BCUT2D eigenvalue weighted by atomic mass is 79.9. The third-order valence-corrected chi connectivity index (χ3v) is 2.53. The van der Waals surface area contributed by atoms with E-state index in [1.165, 1.54) is 12.1 Å². The Balaban J connectivity index is 2.65. The van der Waals surface area contributed by atoms with Crippen molar-refractivity contribution in [3.63, 3.8) is 0 Å². The number of aliphatic carboxylic acids is 1. The van der Waals surface area contributed by atoms with Crippen LogP contribution in [0.15, 0.2) is 22.7 Å². The fourth-order valence-corrected chi connectivity index (χ4v) is 1.57. The number of anilines is 1. The molecular weight excluding hydrogens is 322 g/mol. The molecule has 0 aliphatic rings. The molecular formula is C10H10BrN3O5. The number of nitrogens with zero attached hydrogens (tertiary/aromatic N) is 1. The maximum Gasteiger partial charge on any atom is 0.322 e. The van der Waals surface area contributed by atoms with Crippen molar-refractivity contribution in [2.24, 2.45) is 0 Å². The maximum atomic E-state index is 11.3. The van der Waals surface area contributed by atoms with Gasteiger partial charge in [-0.15, -0.1) is 0 Å². The molecule has 0 heterocycles. The number of hydrogen-bond donors (Lipinski definition) is 3. The second-order valence-electron chi connectivity index (χ2n) is 3.44. The van der Waals surface area contributed by atoms with Gasteiger partial charge in [0.05, 0.1) is 11.5 Å². The van der Waals surface area contributed by atoms with Crippen molar-refractivity contribution in [3.05, 3.63) is 32.8 Å². The number of hydrogen-bond acceptors (Lipinski definition) is 5. The Morgan fingerprint density at radius 2 is 2.05 bits per heavy atom. The summed E-state index contributed by atoms with van der Waals surface area (Å²) in [6.07, 6.45) is 0. The second-order valence-corrected chi connectivity index (χ2v) is 4.36. The monoisotopic (exact) mass is 331 g/mol. The third kappa shape index (κ3) is 4.92. The molecule has 0 aliphatic carbocycles. The molecule has 0 aliphatic heterocycles. The Labute approximate surface area is 116 Å². The summed E-state index contributed by atoms with van der Waals surface area (Å²) in [7, 11) is 0. The van der Waals surface area contributed by atoms with Crippen LogP contribution in [0, 0.1) is 10.1 Å². The first-order valence-electron chi connectivity index (χ1n) is 5.06. The zero-order valence-corrected chi connectivity index (χ0v) is 11.1. The molecule has 0 unspecified atom stereocenters. The van der Waals surface area contributed by atoms with Crippen LogP contribution in [0.3, 0.4) is 0 Å². The molecule has 0 saturated carbocycles. The Hall–Kier alpha value is -2.16. The van der Waals surface area contributed by atoms with Crippen molar-refractivity contribution in [2.75, 3.05) is 18.4 Å². The molecule has 8 nitrogen and oxygen atoms in total. The molecule has 0 spiro atoms. The van der Waals surface area contributed by atoms with Crippen molar-refractivity contribution in [2.45, 2.75) is 0 Å². The molecule has 102 valence electrons. The van der Waals surface area contributed by atoms with Gasteiger partial charge in [-0.3, -0.25) is 19.7 Å². The summed E-state index contributed by atoms with van der Waals surface area (Å²) >= 11 is 3.11. The summed E-state index contributed by atoms with van der Waals surface area (Å²) in [5.74, 6) is -1.73. The molecule has 19 heavy (non-hydrogen) atoms. The average Bonchev–Trinajstić information content (AvgIpc) is 2.34. The molecule has 0 aromatic heterocycles. The van der Waals surface area contributed by atoms with Crippen LogP contribution in [0.5, 0.6) is 0 Å². The molecule has 0 bridgehead atoms. The van der Waals surface area contributed by atoms with E-state index in [0.29, 0.717) is 4.47 Å². The van der Waals surface area contributed by atoms with Crippen LogP contribution >= 0.6 is 15.9 Å². The van der Waals surface area contributed by atoms with Crippen molar-refractivity contribution < 1.29 is 19.6 Å². The van der Waals surface area contributed by atoms with Gasteiger partial charge >= 0.3 is 5.97 Å². The molecule has 1 rings (SSSR count). The molecule has 1 amide bonds. The van der Waals surface area contributed by atoms with Crippen LogP contribution in [-0.2, 0) is 9.59 Å². The van der Waals surface area contributed by atoms with E-state index in [1.807, 2.05) is 0 Å². The van der Waals surface area contributed by atoms with Crippen LogP contribution in [0.4, 0.5) is 11.4 Å². The number of benzene rings is 1. The van der Waals surface area contributed by atoms with Gasteiger partial charge in [0.15, 0.2) is 0 Å². The van der Waals surface area contributed by atoms with Crippen LogP contribution in [-0.4, -0.2) is 35.0 Å². The number of nitro benzene ring substituents is 1. The summed E-state index contributed by atoms with van der Waals surface area (Å²) in [6.45, 7) is -0.751.